The molecular weight excluding hydrogens is 268 g/mol. The summed E-state index contributed by atoms with van der Waals surface area (Å²) >= 11 is 0. The average molecular weight is 288 g/mol. The highest BCUT2D eigenvalue weighted by atomic mass is 16.4. The van der Waals surface area contributed by atoms with Gasteiger partial charge in [-0.25, -0.2) is 9.97 Å². The summed E-state index contributed by atoms with van der Waals surface area (Å²) in [6.07, 6.45) is 5.00. The number of hydrogen-bond acceptors (Lipinski definition) is 4. The molecule has 3 N–H and O–H groups in total. The van der Waals surface area contributed by atoms with Crippen molar-refractivity contribution in [2.75, 3.05) is 12.4 Å². The minimum atomic E-state index is -0.702. The second-order valence-electron chi connectivity index (χ2n) is 5.82. The Morgan fingerprint density at radius 1 is 1.33 bits per heavy atom. The highest BCUT2D eigenvalue weighted by Gasteiger charge is 2.40. The molecule has 0 spiro atoms. The first-order valence-corrected chi connectivity index (χ1v) is 7.40. The van der Waals surface area contributed by atoms with Crippen LogP contribution in [0.15, 0.2) is 12.1 Å². The molecule has 1 fully saturated rings. The van der Waals surface area contributed by atoms with Crippen LogP contribution in [-0.4, -0.2) is 33.1 Å². The first kappa shape index (κ1) is 13.9. The van der Waals surface area contributed by atoms with Crippen molar-refractivity contribution in [1.29, 1.82) is 0 Å². The average Bonchev–Trinajstić information content (AvgIpc) is 2.88. The van der Waals surface area contributed by atoms with Crippen LogP contribution in [0.5, 0.6) is 0 Å². The van der Waals surface area contributed by atoms with Crippen molar-refractivity contribution in [3.63, 3.8) is 0 Å². The minimum absolute atomic E-state index is 0.452. The number of carboxylic acid groups (broad SMARTS) is 1. The molecule has 0 amide bonds. The summed E-state index contributed by atoms with van der Waals surface area (Å²) in [5, 5.41) is 12.6. The number of pyridine rings is 1. The van der Waals surface area contributed by atoms with Crippen LogP contribution in [0, 0.1) is 5.41 Å². The number of anilines is 1. The molecule has 0 radical (unpaired) electrons. The summed E-state index contributed by atoms with van der Waals surface area (Å²) in [4.78, 5) is 23.8. The van der Waals surface area contributed by atoms with Crippen molar-refractivity contribution in [2.24, 2.45) is 5.41 Å². The van der Waals surface area contributed by atoms with Gasteiger partial charge in [0.05, 0.1) is 10.9 Å². The van der Waals surface area contributed by atoms with Crippen molar-refractivity contribution in [3.8, 4) is 0 Å². The molecule has 0 unspecified atom stereocenters. The smallest absolute Gasteiger partial charge is 0.310 e. The van der Waals surface area contributed by atoms with E-state index in [-0.39, 0.29) is 0 Å². The van der Waals surface area contributed by atoms with Crippen LogP contribution in [0.3, 0.4) is 0 Å². The van der Waals surface area contributed by atoms with Gasteiger partial charge in [0, 0.05) is 13.5 Å². The Bertz CT molecular complexity index is 659. The minimum Gasteiger partial charge on any atom is -0.481 e. The highest BCUT2D eigenvalue weighted by molar-refractivity contribution is 5.76. The number of aromatic nitrogens is 3. The van der Waals surface area contributed by atoms with Gasteiger partial charge in [0.15, 0.2) is 5.65 Å². The van der Waals surface area contributed by atoms with E-state index >= 15 is 0 Å². The van der Waals surface area contributed by atoms with Gasteiger partial charge < -0.3 is 15.4 Å². The van der Waals surface area contributed by atoms with Crippen LogP contribution in [0.1, 0.15) is 37.9 Å². The van der Waals surface area contributed by atoms with Gasteiger partial charge in [-0.1, -0.05) is 19.3 Å². The van der Waals surface area contributed by atoms with E-state index in [2.05, 4.69) is 20.3 Å². The van der Waals surface area contributed by atoms with E-state index in [9.17, 15) is 9.90 Å². The molecule has 6 heteroatoms. The molecule has 3 rings (SSSR count). The molecule has 2 aromatic heterocycles. The Kier molecular flexibility index (Phi) is 3.53. The van der Waals surface area contributed by atoms with Crippen LogP contribution in [-0.2, 0) is 11.2 Å². The van der Waals surface area contributed by atoms with Gasteiger partial charge >= 0.3 is 5.97 Å². The van der Waals surface area contributed by atoms with Crippen molar-refractivity contribution in [3.05, 3.63) is 18.0 Å². The van der Waals surface area contributed by atoms with E-state index in [0.717, 1.165) is 49.3 Å². The van der Waals surface area contributed by atoms with Crippen LogP contribution < -0.4 is 5.32 Å². The van der Waals surface area contributed by atoms with E-state index in [0.29, 0.717) is 12.1 Å². The molecule has 1 aliphatic carbocycles. The Balaban J connectivity index is 1.90. The lowest BCUT2D eigenvalue weighted by Crippen LogP contribution is -2.35. The van der Waals surface area contributed by atoms with E-state index in [1.807, 2.05) is 19.2 Å². The van der Waals surface area contributed by atoms with Gasteiger partial charge in [-0.05, 0) is 25.0 Å². The Morgan fingerprint density at radius 3 is 2.76 bits per heavy atom. The predicted octanol–water partition coefficient (Wildman–Crippen LogP) is 2.58. The lowest BCUT2D eigenvalue weighted by Gasteiger charge is -2.32. The number of aliphatic carboxylic acids is 1. The molecule has 0 atom stereocenters. The molecule has 0 aromatic carbocycles. The maximum atomic E-state index is 11.7. The third kappa shape index (κ3) is 2.57. The maximum Gasteiger partial charge on any atom is 0.310 e. The third-order valence-corrected chi connectivity index (χ3v) is 4.42. The summed E-state index contributed by atoms with van der Waals surface area (Å²) in [6.45, 7) is 0. The molecule has 2 aromatic rings. The third-order valence-electron chi connectivity index (χ3n) is 4.42. The molecule has 2 heterocycles. The normalized spacial score (nSPS) is 17.8. The van der Waals surface area contributed by atoms with Crippen molar-refractivity contribution in [2.45, 2.75) is 38.5 Å². The number of H-pyrrole nitrogens is 1. The quantitative estimate of drug-likeness (QED) is 0.804. The highest BCUT2D eigenvalue weighted by Crippen LogP contribution is 2.39. The molecular formula is C15H20N4O2. The number of carbonyl (C=O) groups is 1. The van der Waals surface area contributed by atoms with Gasteiger partial charge in [-0.2, -0.15) is 0 Å². The lowest BCUT2D eigenvalue weighted by molar-refractivity contribution is -0.151. The van der Waals surface area contributed by atoms with Crippen LogP contribution in [0.2, 0.25) is 0 Å². The number of hydrogen-bond donors (Lipinski definition) is 3. The number of rotatable bonds is 4. The second kappa shape index (κ2) is 5.35. The summed E-state index contributed by atoms with van der Waals surface area (Å²) in [5.74, 6) is 0.771. The van der Waals surface area contributed by atoms with E-state index in [1.54, 1.807) is 0 Å². The van der Waals surface area contributed by atoms with Gasteiger partial charge in [0.2, 0.25) is 0 Å². The first-order chi connectivity index (χ1) is 10.1. The molecule has 21 heavy (non-hydrogen) atoms. The van der Waals surface area contributed by atoms with Crippen molar-refractivity contribution >= 4 is 23.0 Å². The standard InChI is InChI=1S/C15H20N4O2/c1-16-11-6-5-10-13(18-11)19-12(17-10)9-15(14(20)21)7-3-2-4-8-15/h5-6H,2-4,7-9H2,1H3,(H,20,21)(H2,16,17,18,19). The maximum absolute atomic E-state index is 11.7. The number of aromatic amines is 1. The summed E-state index contributed by atoms with van der Waals surface area (Å²) in [6, 6.07) is 3.79. The monoisotopic (exact) mass is 288 g/mol. The number of nitrogens with one attached hydrogen (secondary N) is 2. The molecule has 6 nitrogen and oxygen atoms in total. The van der Waals surface area contributed by atoms with Crippen molar-refractivity contribution < 1.29 is 9.90 Å². The number of nitrogens with zero attached hydrogens (tertiary/aromatic N) is 2. The topological polar surface area (TPSA) is 90.9 Å². The summed E-state index contributed by atoms with van der Waals surface area (Å²) in [5.41, 5.74) is 0.811. The first-order valence-electron chi connectivity index (χ1n) is 7.40. The van der Waals surface area contributed by atoms with Crippen LogP contribution in [0.4, 0.5) is 5.82 Å². The zero-order valence-electron chi connectivity index (χ0n) is 12.1. The largest absolute Gasteiger partial charge is 0.481 e. The fourth-order valence-corrected chi connectivity index (χ4v) is 3.18. The summed E-state index contributed by atoms with van der Waals surface area (Å²) in [7, 11) is 1.81. The zero-order chi connectivity index (χ0) is 14.9. The molecule has 1 saturated carbocycles. The molecule has 112 valence electrons. The predicted molar refractivity (Wildman–Crippen MR) is 80.3 cm³/mol. The Morgan fingerprint density at radius 2 is 2.10 bits per heavy atom. The van der Waals surface area contributed by atoms with E-state index in [1.165, 1.54) is 0 Å². The van der Waals surface area contributed by atoms with E-state index < -0.39 is 11.4 Å². The van der Waals surface area contributed by atoms with Crippen molar-refractivity contribution in [1.82, 2.24) is 15.0 Å². The molecule has 0 saturated heterocycles. The lowest BCUT2D eigenvalue weighted by atomic mass is 9.72. The van der Waals surface area contributed by atoms with Gasteiger partial charge in [0.1, 0.15) is 11.6 Å². The fraction of sp³-hybridized carbons (Fsp3) is 0.533. The zero-order valence-corrected chi connectivity index (χ0v) is 12.1. The number of fused-ring (bicyclic) bond motifs is 1. The second-order valence-corrected chi connectivity index (χ2v) is 5.82. The SMILES string of the molecule is CNc1ccc2[nH]c(CC3(C(=O)O)CCCCC3)nc2n1. The van der Waals surface area contributed by atoms with E-state index in [4.69, 9.17) is 0 Å². The fourth-order valence-electron chi connectivity index (χ4n) is 3.18. The van der Waals surface area contributed by atoms with Crippen LogP contribution in [0.25, 0.3) is 11.2 Å². The Labute approximate surface area is 123 Å². The number of carboxylic acids is 1. The van der Waals surface area contributed by atoms with Gasteiger partial charge in [0.25, 0.3) is 0 Å². The van der Waals surface area contributed by atoms with Gasteiger partial charge in [-0.3, -0.25) is 4.79 Å². The Hall–Kier alpha value is -2.11. The summed E-state index contributed by atoms with van der Waals surface area (Å²) < 4.78 is 0. The van der Waals surface area contributed by atoms with Gasteiger partial charge in [-0.15, -0.1) is 0 Å². The van der Waals surface area contributed by atoms with Crippen LogP contribution >= 0.6 is 0 Å². The number of imidazole rings is 1. The molecule has 0 bridgehead atoms. The molecule has 1 aliphatic rings. The molecule has 0 aliphatic heterocycles.